The van der Waals surface area contributed by atoms with Crippen LogP contribution in [0.25, 0.3) is 11.3 Å². The van der Waals surface area contributed by atoms with Crippen LogP contribution in [0, 0.1) is 12.7 Å². The monoisotopic (exact) mass is 397 g/mol. The highest BCUT2D eigenvalue weighted by atomic mass is 19.1. The third kappa shape index (κ3) is 5.20. The third-order valence-electron chi connectivity index (χ3n) is 4.69. The second-order valence-electron chi connectivity index (χ2n) is 6.67. The maximum absolute atomic E-state index is 13.1. The van der Waals surface area contributed by atoms with Gasteiger partial charge < -0.3 is 14.6 Å². The first-order chi connectivity index (χ1) is 14.0. The van der Waals surface area contributed by atoms with E-state index in [0.29, 0.717) is 24.5 Å². The van der Waals surface area contributed by atoms with Crippen molar-refractivity contribution >= 4 is 11.6 Å². The summed E-state index contributed by atoms with van der Waals surface area (Å²) in [6, 6.07) is 13.3. The third-order valence-corrected chi connectivity index (χ3v) is 4.69. The maximum atomic E-state index is 13.1. The Bertz CT molecular complexity index is 952. The molecule has 0 spiro atoms. The molecule has 2 aromatic carbocycles. The van der Waals surface area contributed by atoms with E-state index in [1.165, 1.54) is 12.1 Å². The smallest absolute Gasteiger partial charge is 0.238 e. The van der Waals surface area contributed by atoms with E-state index >= 15 is 0 Å². The highest BCUT2D eigenvalue weighted by Gasteiger charge is 2.18. The number of ether oxygens (including phenoxy) is 1. The Labute approximate surface area is 169 Å². The molecular weight excluding hydrogens is 373 g/mol. The van der Waals surface area contributed by atoms with Gasteiger partial charge in [-0.3, -0.25) is 9.69 Å². The number of carbonyl (C=O) groups excluding carboxylic acids is 1. The van der Waals surface area contributed by atoms with Gasteiger partial charge in [-0.15, -0.1) is 0 Å². The summed E-state index contributed by atoms with van der Waals surface area (Å²) < 4.78 is 23.7. The van der Waals surface area contributed by atoms with Crippen LogP contribution in [0.15, 0.2) is 53.1 Å². The van der Waals surface area contributed by atoms with Gasteiger partial charge in [-0.25, -0.2) is 4.39 Å². The van der Waals surface area contributed by atoms with Gasteiger partial charge in [0.1, 0.15) is 17.3 Å². The molecule has 0 aliphatic carbocycles. The highest BCUT2D eigenvalue weighted by Crippen LogP contribution is 2.26. The predicted molar refractivity (Wildman–Crippen MR) is 109 cm³/mol. The molecule has 1 heterocycles. The van der Waals surface area contributed by atoms with Gasteiger partial charge in [-0.05, 0) is 62.0 Å². The van der Waals surface area contributed by atoms with Gasteiger partial charge in [0.25, 0.3) is 0 Å². The Balaban J connectivity index is 1.63. The summed E-state index contributed by atoms with van der Waals surface area (Å²) in [4.78, 5) is 14.4. The van der Waals surface area contributed by atoms with E-state index in [0.717, 1.165) is 22.6 Å². The zero-order valence-electron chi connectivity index (χ0n) is 16.7. The molecule has 0 aliphatic rings. The Morgan fingerprint density at radius 1 is 1.17 bits per heavy atom. The number of anilines is 1. The van der Waals surface area contributed by atoms with Gasteiger partial charge >= 0.3 is 0 Å². The predicted octanol–water partition coefficient (Wildman–Crippen LogP) is 4.26. The molecule has 0 fully saturated rings. The molecule has 3 aromatic rings. The van der Waals surface area contributed by atoms with Gasteiger partial charge in [0.2, 0.25) is 5.91 Å². The molecule has 0 saturated heterocycles. The van der Waals surface area contributed by atoms with Crippen molar-refractivity contribution in [1.82, 2.24) is 10.1 Å². The molecule has 152 valence electrons. The van der Waals surface area contributed by atoms with Crippen LogP contribution in [0.2, 0.25) is 0 Å². The van der Waals surface area contributed by atoms with Crippen molar-refractivity contribution in [2.45, 2.75) is 20.4 Å². The lowest BCUT2D eigenvalue weighted by Gasteiger charge is -2.19. The summed E-state index contributed by atoms with van der Waals surface area (Å²) in [5.74, 6) is 0.929. The molecule has 29 heavy (non-hydrogen) atoms. The van der Waals surface area contributed by atoms with Crippen LogP contribution >= 0.6 is 0 Å². The fourth-order valence-electron chi connectivity index (χ4n) is 2.96. The van der Waals surface area contributed by atoms with Gasteiger partial charge in [0, 0.05) is 23.4 Å². The van der Waals surface area contributed by atoms with Crippen LogP contribution in [-0.4, -0.2) is 36.2 Å². The number of benzene rings is 2. The number of nitrogens with zero attached hydrogens (tertiary/aromatic N) is 2. The van der Waals surface area contributed by atoms with Crippen molar-refractivity contribution in [2.75, 3.05) is 25.5 Å². The average Bonchev–Trinajstić information content (AvgIpc) is 3.09. The topological polar surface area (TPSA) is 67.6 Å². The fraction of sp³-hybridized carbons (Fsp3) is 0.273. The molecule has 6 nitrogen and oxygen atoms in total. The summed E-state index contributed by atoms with van der Waals surface area (Å²) in [6.45, 7) is 5.27. The van der Waals surface area contributed by atoms with E-state index in [1.807, 2.05) is 18.7 Å². The van der Waals surface area contributed by atoms with Gasteiger partial charge in [0.05, 0.1) is 13.7 Å². The Kier molecular flexibility index (Phi) is 6.61. The number of aromatic nitrogens is 1. The van der Waals surface area contributed by atoms with E-state index in [2.05, 4.69) is 10.5 Å². The van der Waals surface area contributed by atoms with E-state index in [4.69, 9.17) is 9.26 Å². The van der Waals surface area contributed by atoms with Crippen molar-refractivity contribution in [1.29, 1.82) is 0 Å². The van der Waals surface area contributed by atoms with E-state index in [1.54, 1.807) is 43.5 Å². The normalized spacial score (nSPS) is 10.9. The number of rotatable bonds is 8. The van der Waals surface area contributed by atoms with Crippen molar-refractivity contribution < 1.29 is 18.4 Å². The van der Waals surface area contributed by atoms with Crippen LogP contribution in [0.3, 0.4) is 0 Å². The molecule has 1 aromatic heterocycles. The molecule has 1 N–H and O–H groups in total. The lowest BCUT2D eigenvalue weighted by atomic mass is 10.1. The summed E-state index contributed by atoms with van der Waals surface area (Å²) in [6.07, 6.45) is 0. The van der Waals surface area contributed by atoms with Gasteiger partial charge in [-0.1, -0.05) is 12.1 Å². The van der Waals surface area contributed by atoms with Crippen molar-refractivity contribution in [3.8, 4) is 17.1 Å². The van der Waals surface area contributed by atoms with E-state index in [-0.39, 0.29) is 18.3 Å². The summed E-state index contributed by atoms with van der Waals surface area (Å²) >= 11 is 0. The standard InChI is InChI=1S/C22H24FN3O3/c1-4-26(14-21(27)24-18-9-11-19(28-3)12-10-18)13-20-15(2)22(29-25-20)16-5-7-17(23)8-6-16/h5-12H,4,13-14H2,1-3H3,(H,24,27). The number of methoxy groups -OCH3 is 1. The largest absolute Gasteiger partial charge is 0.497 e. The van der Waals surface area contributed by atoms with Crippen molar-refractivity contribution in [3.05, 3.63) is 65.6 Å². The number of likely N-dealkylation sites (N-methyl/N-ethyl adjacent to an activating group) is 1. The molecule has 0 unspecified atom stereocenters. The quantitative estimate of drug-likeness (QED) is 0.615. The highest BCUT2D eigenvalue weighted by molar-refractivity contribution is 5.92. The van der Waals surface area contributed by atoms with Crippen LogP contribution < -0.4 is 10.1 Å². The number of hydrogen-bond acceptors (Lipinski definition) is 5. The average molecular weight is 397 g/mol. The number of nitrogens with one attached hydrogen (secondary N) is 1. The summed E-state index contributed by atoms with van der Waals surface area (Å²) in [5, 5.41) is 7.04. The number of amides is 1. The molecule has 0 radical (unpaired) electrons. The molecule has 1 amide bonds. The van der Waals surface area contributed by atoms with Gasteiger partial charge in [-0.2, -0.15) is 0 Å². The SMILES string of the molecule is CCN(CC(=O)Nc1ccc(OC)cc1)Cc1noc(-c2ccc(F)cc2)c1C. The van der Waals surface area contributed by atoms with Crippen LogP contribution in [0.5, 0.6) is 5.75 Å². The van der Waals surface area contributed by atoms with Crippen LogP contribution in [0.1, 0.15) is 18.2 Å². The zero-order valence-corrected chi connectivity index (χ0v) is 16.7. The second-order valence-corrected chi connectivity index (χ2v) is 6.67. The number of halogens is 1. The zero-order chi connectivity index (χ0) is 20.8. The minimum atomic E-state index is -0.300. The van der Waals surface area contributed by atoms with E-state index in [9.17, 15) is 9.18 Å². The number of hydrogen-bond donors (Lipinski definition) is 1. The van der Waals surface area contributed by atoms with Gasteiger partial charge in [0.15, 0.2) is 5.76 Å². The molecule has 7 heteroatoms. The fourth-order valence-corrected chi connectivity index (χ4v) is 2.96. The molecule has 3 rings (SSSR count). The number of carbonyl (C=O) groups is 1. The minimum absolute atomic E-state index is 0.114. The van der Waals surface area contributed by atoms with Crippen molar-refractivity contribution in [3.63, 3.8) is 0 Å². The maximum Gasteiger partial charge on any atom is 0.238 e. The van der Waals surface area contributed by atoms with Crippen LogP contribution in [-0.2, 0) is 11.3 Å². The second kappa shape index (κ2) is 9.34. The minimum Gasteiger partial charge on any atom is -0.497 e. The first kappa shape index (κ1) is 20.5. The lowest BCUT2D eigenvalue weighted by molar-refractivity contribution is -0.117. The van der Waals surface area contributed by atoms with E-state index < -0.39 is 0 Å². The Morgan fingerprint density at radius 2 is 1.86 bits per heavy atom. The first-order valence-electron chi connectivity index (χ1n) is 9.37. The molecule has 0 atom stereocenters. The summed E-state index contributed by atoms with van der Waals surface area (Å²) in [7, 11) is 1.60. The molecule has 0 bridgehead atoms. The molecule has 0 aliphatic heterocycles. The Morgan fingerprint density at radius 3 is 2.48 bits per heavy atom. The summed E-state index contributed by atoms with van der Waals surface area (Å²) in [5.41, 5.74) is 3.11. The Hall–Kier alpha value is -3.19. The lowest BCUT2D eigenvalue weighted by Crippen LogP contribution is -2.33. The van der Waals surface area contributed by atoms with Crippen LogP contribution in [0.4, 0.5) is 10.1 Å². The van der Waals surface area contributed by atoms with Crippen molar-refractivity contribution in [2.24, 2.45) is 0 Å². The first-order valence-corrected chi connectivity index (χ1v) is 9.37. The molecular formula is C22H24FN3O3. The molecule has 0 saturated carbocycles.